The van der Waals surface area contributed by atoms with Crippen molar-refractivity contribution in [3.63, 3.8) is 0 Å². The number of esters is 3. The topological polar surface area (TPSA) is 154 Å². The number of amides is 2. The molecule has 0 aromatic rings. The smallest absolute Gasteiger partial charge is 0.417 e. The van der Waals surface area contributed by atoms with E-state index in [1.54, 1.807) is 0 Å². The molecular formula is C16H22N2O9S. The number of carbonyl (C=O) groups is 6. The number of methoxy groups -OCH3 is 1. The summed E-state index contributed by atoms with van der Waals surface area (Å²) in [6.07, 6.45) is -1.53. The largest absolute Gasteiger partial charge is 0.461 e. The van der Waals surface area contributed by atoms with E-state index in [4.69, 9.17) is 9.47 Å². The first-order valence-corrected chi connectivity index (χ1v) is 9.24. The molecule has 0 aliphatic carbocycles. The average Bonchev–Trinajstić information content (AvgIpc) is 2.66. The molecule has 12 heteroatoms. The second-order valence-corrected chi connectivity index (χ2v) is 7.44. The second kappa shape index (κ2) is 10.6. The lowest BCUT2D eigenvalue weighted by Gasteiger charge is -2.31. The quantitative estimate of drug-likeness (QED) is 0.315. The van der Waals surface area contributed by atoms with Crippen LogP contribution >= 0.6 is 11.8 Å². The number of ether oxygens (including phenoxy) is 3. The van der Waals surface area contributed by atoms with Gasteiger partial charge in [-0.2, -0.15) is 0 Å². The summed E-state index contributed by atoms with van der Waals surface area (Å²) in [6.45, 7) is 2.55. The van der Waals surface area contributed by atoms with Gasteiger partial charge in [-0.3, -0.25) is 14.4 Å². The summed E-state index contributed by atoms with van der Waals surface area (Å²) in [4.78, 5) is 70.6. The van der Waals surface area contributed by atoms with Crippen molar-refractivity contribution >= 4 is 46.6 Å². The van der Waals surface area contributed by atoms with Crippen LogP contribution in [0.15, 0.2) is 0 Å². The van der Waals surface area contributed by atoms with Crippen LogP contribution in [0.3, 0.4) is 0 Å². The molecule has 1 rings (SSSR count). The molecule has 156 valence electrons. The van der Waals surface area contributed by atoms with E-state index in [0.29, 0.717) is 11.8 Å². The summed E-state index contributed by atoms with van der Waals surface area (Å²) in [5, 5.41) is 4.05. The standard InChI is InChI=1S/C16H22N2O9S/c1-16(2,8-26-13(22)12(21)25-3)10-11(20)18-5-4-9(19)17-6-7-28-15(24)14(23)27-10/h10H,4-8H2,1-3H3,(H,17,19)(H,18,20)/t10-/m0/s1. The molecular weight excluding hydrogens is 396 g/mol. The van der Waals surface area contributed by atoms with Crippen LogP contribution in [0.1, 0.15) is 20.3 Å². The fourth-order valence-corrected chi connectivity index (χ4v) is 2.62. The van der Waals surface area contributed by atoms with Crippen molar-refractivity contribution in [1.82, 2.24) is 10.6 Å². The molecule has 0 spiro atoms. The second-order valence-electron chi connectivity index (χ2n) is 6.37. The highest BCUT2D eigenvalue weighted by Crippen LogP contribution is 2.25. The monoisotopic (exact) mass is 418 g/mol. The first-order chi connectivity index (χ1) is 13.1. The maximum Gasteiger partial charge on any atom is 0.417 e. The van der Waals surface area contributed by atoms with Crippen LogP contribution in [-0.2, 0) is 43.0 Å². The van der Waals surface area contributed by atoms with E-state index in [2.05, 4.69) is 15.4 Å². The molecule has 0 aromatic heterocycles. The number of rotatable bonds is 3. The Balaban J connectivity index is 2.96. The Morgan fingerprint density at radius 1 is 1.14 bits per heavy atom. The van der Waals surface area contributed by atoms with Crippen LogP contribution in [0, 0.1) is 5.41 Å². The third-order valence-corrected chi connectivity index (χ3v) is 4.41. The highest BCUT2D eigenvalue weighted by molar-refractivity contribution is 8.15. The van der Waals surface area contributed by atoms with Crippen molar-refractivity contribution < 1.29 is 43.0 Å². The molecule has 0 unspecified atom stereocenters. The molecule has 1 heterocycles. The summed E-state index contributed by atoms with van der Waals surface area (Å²) in [6, 6.07) is 0. The van der Waals surface area contributed by atoms with Gasteiger partial charge in [-0.05, 0) is 0 Å². The Labute approximate surface area is 165 Å². The van der Waals surface area contributed by atoms with Gasteiger partial charge >= 0.3 is 17.9 Å². The predicted molar refractivity (Wildman–Crippen MR) is 94.7 cm³/mol. The lowest BCUT2D eigenvalue weighted by Crippen LogP contribution is -2.50. The van der Waals surface area contributed by atoms with E-state index in [1.165, 1.54) is 13.8 Å². The van der Waals surface area contributed by atoms with Gasteiger partial charge in [0.1, 0.15) is 6.61 Å². The Morgan fingerprint density at radius 3 is 2.46 bits per heavy atom. The van der Waals surface area contributed by atoms with Crippen LogP contribution < -0.4 is 10.6 Å². The minimum atomic E-state index is -1.51. The summed E-state index contributed by atoms with van der Waals surface area (Å²) < 4.78 is 14.1. The van der Waals surface area contributed by atoms with Gasteiger partial charge in [0.05, 0.1) is 7.11 Å². The van der Waals surface area contributed by atoms with E-state index in [9.17, 15) is 28.8 Å². The Kier molecular flexibility index (Phi) is 8.89. The Hall–Kier alpha value is -2.63. The van der Waals surface area contributed by atoms with E-state index >= 15 is 0 Å². The normalized spacial score (nSPS) is 19.8. The highest BCUT2D eigenvalue weighted by atomic mass is 32.2. The number of carbonyl (C=O) groups excluding carboxylic acids is 6. The van der Waals surface area contributed by atoms with Crippen molar-refractivity contribution in [1.29, 1.82) is 0 Å². The summed E-state index contributed by atoms with van der Waals surface area (Å²) in [5.74, 6) is -4.71. The van der Waals surface area contributed by atoms with E-state index in [0.717, 1.165) is 7.11 Å². The van der Waals surface area contributed by atoms with Crippen LogP contribution in [0.4, 0.5) is 0 Å². The first-order valence-electron chi connectivity index (χ1n) is 8.25. The van der Waals surface area contributed by atoms with Gasteiger partial charge in [0.2, 0.25) is 5.91 Å². The van der Waals surface area contributed by atoms with Gasteiger partial charge in [-0.25, -0.2) is 14.4 Å². The number of cyclic esters (lactones) is 1. The van der Waals surface area contributed by atoms with E-state index in [-0.39, 0.29) is 31.2 Å². The Morgan fingerprint density at radius 2 is 1.82 bits per heavy atom. The summed E-state index contributed by atoms with van der Waals surface area (Å²) in [5.41, 5.74) is -1.29. The summed E-state index contributed by atoms with van der Waals surface area (Å²) >= 11 is 0.640. The van der Waals surface area contributed by atoms with E-state index in [1.807, 2.05) is 0 Å². The lowest BCUT2D eigenvalue weighted by atomic mass is 9.86. The van der Waals surface area contributed by atoms with E-state index < -0.39 is 47.1 Å². The SMILES string of the molecule is COC(=O)C(=O)OCC(C)(C)[C@H]1OC(=O)C(=O)SCCNC(=O)CCNC1=O. The van der Waals surface area contributed by atoms with Gasteiger partial charge in [0.15, 0.2) is 6.10 Å². The zero-order valence-corrected chi connectivity index (χ0v) is 16.5. The minimum absolute atomic E-state index is 0.0111. The Bertz CT molecular complexity index is 663. The molecule has 1 saturated heterocycles. The van der Waals surface area contributed by atoms with Gasteiger partial charge in [0.25, 0.3) is 11.0 Å². The summed E-state index contributed by atoms with van der Waals surface area (Å²) in [7, 11) is 0.999. The zero-order valence-electron chi connectivity index (χ0n) is 15.7. The third kappa shape index (κ3) is 7.18. The average molecular weight is 418 g/mol. The van der Waals surface area contributed by atoms with Crippen molar-refractivity contribution in [2.45, 2.75) is 26.4 Å². The van der Waals surface area contributed by atoms with Crippen molar-refractivity contribution in [3.05, 3.63) is 0 Å². The molecule has 0 aromatic carbocycles. The number of nitrogens with one attached hydrogen (secondary N) is 2. The van der Waals surface area contributed by atoms with Crippen LogP contribution in [0.5, 0.6) is 0 Å². The molecule has 11 nitrogen and oxygen atoms in total. The molecule has 1 atom stereocenters. The molecule has 0 saturated carbocycles. The maximum absolute atomic E-state index is 12.5. The lowest BCUT2D eigenvalue weighted by molar-refractivity contribution is -0.174. The molecule has 2 amide bonds. The first kappa shape index (κ1) is 23.4. The molecule has 0 radical (unpaired) electrons. The number of thioether (sulfide) groups is 1. The minimum Gasteiger partial charge on any atom is -0.461 e. The molecule has 1 aliphatic heterocycles. The molecule has 0 bridgehead atoms. The fraction of sp³-hybridized carbons (Fsp3) is 0.625. The van der Waals surface area contributed by atoms with Crippen LogP contribution in [0.25, 0.3) is 0 Å². The molecule has 1 fully saturated rings. The van der Waals surface area contributed by atoms with Gasteiger partial charge in [-0.1, -0.05) is 25.6 Å². The molecule has 1 aliphatic rings. The van der Waals surface area contributed by atoms with Gasteiger partial charge < -0.3 is 24.8 Å². The number of hydrogen-bond acceptors (Lipinski definition) is 10. The van der Waals surface area contributed by atoms with Crippen molar-refractivity contribution in [2.75, 3.05) is 32.6 Å². The van der Waals surface area contributed by atoms with Crippen LogP contribution in [-0.4, -0.2) is 73.5 Å². The van der Waals surface area contributed by atoms with Gasteiger partial charge in [0, 0.05) is 30.7 Å². The molecule has 28 heavy (non-hydrogen) atoms. The maximum atomic E-state index is 12.5. The van der Waals surface area contributed by atoms with Gasteiger partial charge in [-0.15, -0.1) is 0 Å². The van der Waals surface area contributed by atoms with Crippen molar-refractivity contribution in [3.8, 4) is 0 Å². The highest BCUT2D eigenvalue weighted by Gasteiger charge is 2.41. The third-order valence-electron chi connectivity index (χ3n) is 3.58. The fourth-order valence-electron chi connectivity index (χ4n) is 2.07. The van der Waals surface area contributed by atoms with Crippen molar-refractivity contribution in [2.24, 2.45) is 5.41 Å². The zero-order chi connectivity index (χ0) is 21.3. The molecule has 2 N–H and O–H groups in total. The van der Waals surface area contributed by atoms with Crippen LogP contribution in [0.2, 0.25) is 0 Å². The predicted octanol–water partition coefficient (Wildman–Crippen LogP) is -1.46. The number of hydrogen-bond donors (Lipinski definition) is 2.